The van der Waals surface area contributed by atoms with E-state index in [1.807, 2.05) is 0 Å². The summed E-state index contributed by atoms with van der Waals surface area (Å²) >= 11 is 5.64. The number of hydrogen-bond donors (Lipinski definition) is 0. The van der Waals surface area contributed by atoms with E-state index >= 15 is 0 Å². The molecule has 0 aliphatic carbocycles. The molecule has 1 rings (SSSR count). The Morgan fingerprint density at radius 1 is 1.33 bits per heavy atom. The predicted octanol–water partition coefficient (Wildman–Crippen LogP) is 2.88. The molecule has 0 aromatic heterocycles. The zero-order chi connectivity index (χ0) is 9.03. The lowest BCUT2D eigenvalue weighted by Gasteiger charge is -2.31. The minimum atomic E-state index is 0.451. The van der Waals surface area contributed by atoms with Crippen molar-refractivity contribution in [2.24, 2.45) is 0 Å². The summed E-state index contributed by atoms with van der Waals surface area (Å²) in [7, 11) is 0. The molecule has 12 heavy (non-hydrogen) atoms. The highest BCUT2D eigenvalue weighted by Gasteiger charge is 2.30. The summed E-state index contributed by atoms with van der Waals surface area (Å²) in [5, 5.41) is 0. The molecule has 1 nitrogen and oxygen atoms in total. The summed E-state index contributed by atoms with van der Waals surface area (Å²) in [5.41, 5.74) is 0.451. The molecule has 0 saturated carbocycles. The van der Waals surface area contributed by atoms with Crippen molar-refractivity contribution in [3.63, 3.8) is 0 Å². The molecule has 0 amide bonds. The number of nitrogens with zero attached hydrogens (tertiary/aromatic N) is 1. The Kier molecular flexibility index (Phi) is 3.85. The topological polar surface area (TPSA) is 3.24 Å². The third kappa shape index (κ3) is 2.63. The molecule has 0 aromatic rings. The van der Waals surface area contributed by atoms with Crippen molar-refractivity contribution in [1.29, 1.82) is 0 Å². The minimum Gasteiger partial charge on any atom is -0.298 e. The predicted molar refractivity (Wildman–Crippen MR) is 54.8 cm³/mol. The van der Waals surface area contributed by atoms with E-state index in [2.05, 4.69) is 18.7 Å². The van der Waals surface area contributed by atoms with E-state index in [0.717, 1.165) is 12.3 Å². The molecule has 72 valence electrons. The first-order valence-corrected chi connectivity index (χ1v) is 5.51. The molecule has 0 atom stereocenters. The highest BCUT2D eigenvalue weighted by Crippen LogP contribution is 2.28. The summed E-state index contributed by atoms with van der Waals surface area (Å²) in [5.74, 6) is 0.814. The maximum Gasteiger partial charge on any atom is 0.0223 e. The van der Waals surface area contributed by atoms with Crippen LogP contribution in [-0.2, 0) is 0 Å². The summed E-state index contributed by atoms with van der Waals surface area (Å²) < 4.78 is 0. The quantitative estimate of drug-likeness (QED) is 0.486. The van der Waals surface area contributed by atoms with Crippen molar-refractivity contribution in [2.75, 3.05) is 19.0 Å². The molecular formula is C10H20ClN. The Morgan fingerprint density at radius 3 is 2.58 bits per heavy atom. The Labute approximate surface area is 81.1 Å². The van der Waals surface area contributed by atoms with Gasteiger partial charge in [-0.05, 0) is 52.6 Å². The van der Waals surface area contributed by atoms with E-state index in [-0.39, 0.29) is 0 Å². The summed E-state index contributed by atoms with van der Waals surface area (Å²) in [6.45, 7) is 7.22. The molecule has 0 spiro atoms. The molecule has 0 aromatic carbocycles. The number of alkyl halides is 1. The third-order valence-electron chi connectivity index (χ3n) is 2.88. The minimum absolute atomic E-state index is 0.451. The van der Waals surface area contributed by atoms with Crippen LogP contribution in [0.1, 0.15) is 39.5 Å². The average Bonchev–Trinajstić information content (AvgIpc) is 2.32. The summed E-state index contributed by atoms with van der Waals surface area (Å²) in [4.78, 5) is 2.60. The Hall–Kier alpha value is 0.250. The zero-order valence-electron chi connectivity index (χ0n) is 8.27. The van der Waals surface area contributed by atoms with Gasteiger partial charge in [-0.2, -0.15) is 0 Å². The molecule has 1 aliphatic rings. The second kappa shape index (κ2) is 4.48. The van der Waals surface area contributed by atoms with E-state index in [1.54, 1.807) is 0 Å². The molecule has 0 bridgehead atoms. The van der Waals surface area contributed by atoms with Crippen LogP contribution in [-0.4, -0.2) is 29.4 Å². The van der Waals surface area contributed by atoms with Crippen molar-refractivity contribution in [3.8, 4) is 0 Å². The fourth-order valence-electron chi connectivity index (χ4n) is 1.97. The van der Waals surface area contributed by atoms with E-state index in [4.69, 9.17) is 11.6 Å². The second-order valence-corrected chi connectivity index (χ2v) is 4.68. The van der Waals surface area contributed by atoms with Gasteiger partial charge in [-0.25, -0.2) is 0 Å². The van der Waals surface area contributed by atoms with E-state index in [9.17, 15) is 0 Å². The molecule has 1 fully saturated rings. The lowest BCUT2D eigenvalue weighted by molar-refractivity contribution is 0.173. The van der Waals surface area contributed by atoms with Crippen LogP contribution in [0.3, 0.4) is 0 Å². The molecule has 0 N–H and O–H groups in total. The number of rotatable bonds is 4. The van der Waals surface area contributed by atoms with Crippen LogP contribution >= 0.6 is 11.6 Å². The Bertz CT molecular complexity index is 134. The van der Waals surface area contributed by atoms with Crippen molar-refractivity contribution in [2.45, 2.75) is 45.1 Å². The number of likely N-dealkylation sites (tertiary alicyclic amines) is 1. The van der Waals surface area contributed by atoms with Gasteiger partial charge in [-0.3, -0.25) is 4.90 Å². The van der Waals surface area contributed by atoms with Crippen LogP contribution in [0.2, 0.25) is 0 Å². The maximum absolute atomic E-state index is 5.64. The SMILES string of the molecule is CC1(C)CCCN1CCCCCl. The number of hydrogen-bond acceptors (Lipinski definition) is 1. The first-order chi connectivity index (χ1) is 5.67. The van der Waals surface area contributed by atoms with Gasteiger partial charge in [0.1, 0.15) is 0 Å². The number of halogens is 1. The summed E-state index contributed by atoms with van der Waals surface area (Å²) in [6.07, 6.45) is 5.14. The molecule has 0 radical (unpaired) electrons. The number of unbranched alkanes of at least 4 members (excludes halogenated alkanes) is 1. The van der Waals surface area contributed by atoms with Crippen LogP contribution in [0, 0.1) is 0 Å². The lowest BCUT2D eigenvalue weighted by atomic mass is 10.0. The first-order valence-electron chi connectivity index (χ1n) is 4.98. The van der Waals surface area contributed by atoms with Gasteiger partial charge in [-0.1, -0.05) is 0 Å². The van der Waals surface area contributed by atoms with Gasteiger partial charge in [0, 0.05) is 11.4 Å². The van der Waals surface area contributed by atoms with Crippen molar-refractivity contribution in [1.82, 2.24) is 4.90 Å². The molecule has 1 heterocycles. The van der Waals surface area contributed by atoms with Crippen molar-refractivity contribution >= 4 is 11.6 Å². The van der Waals surface area contributed by atoms with E-state index in [0.29, 0.717) is 5.54 Å². The highest BCUT2D eigenvalue weighted by molar-refractivity contribution is 6.17. The van der Waals surface area contributed by atoms with Crippen LogP contribution in [0.25, 0.3) is 0 Å². The van der Waals surface area contributed by atoms with Crippen LogP contribution in [0.5, 0.6) is 0 Å². The van der Waals surface area contributed by atoms with Gasteiger partial charge in [0.15, 0.2) is 0 Å². The fourth-order valence-corrected chi connectivity index (χ4v) is 2.16. The monoisotopic (exact) mass is 189 g/mol. The van der Waals surface area contributed by atoms with Crippen LogP contribution in [0.4, 0.5) is 0 Å². The van der Waals surface area contributed by atoms with Gasteiger partial charge >= 0.3 is 0 Å². The smallest absolute Gasteiger partial charge is 0.0223 e. The average molecular weight is 190 g/mol. The van der Waals surface area contributed by atoms with E-state index in [1.165, 1.54) is 32.4 Å². The molecule has 1 saturated heterocycles. The summed E-state index contributed by atoms with van der Waals surface area (Å²) in [6, 6.07) is 0. The molecular weight excluding hydrogens is 170 g/mol. The van der Waals surface area contributed by atoms with Gasteiger partial charge < -0.3 is 0 Å². The van der Waals surface area contributed by atoms with Gasteiger partial charge in [0.25, 0.3) is 0 Å². The molecule has 0 unspecified atom stereocenters. The van der Waals surface area contributed by atoms with Crippen molar-refractivity contribution < 1.29 is 0 Å². The van der Waals surface area contributed by atoms with Crippen LogP contribution in [0.15, 0.2) is 0 Å². The lowest BCUT2D eigenvalue weighted by Crippen LogP contribution is -2.38. The standard InChI is InChI=1S/C10H20ClN/c1-10(2)6-5-9-12(10)8-4-3-7-11/h3-9H2,1-2H3. The normalized spacial score (nSPS) is 23.2. The Balaban J connectivity index is 2.22. The van der Waals surface area contributed by atoms with Gasteiger partial charge in [0.2, 0.25) is 0 Å². The van der Waals surface area contributed by atoms with Crippen LogP contribution < -0.4 is 0 Å². The zero-order valence-corrected chi connectivity index (χ0v) is 9.03. The van der Waals surface area contributed by atoms with E-state index < -0.39 is 0 Å². The van der Waals surface area contributed by atoms with Crippen molar-refractivity contribution in [3.05, 3.63) is 0 Å². The maximum atomic E-state index is 5.64. The van der Waals surface area contributed by atoms with Gasteiger partial charge in [0.05, 0.1) is 0 Å². The highest BCUT2D eigenvalue weighted by atomic mass is 35.5. The third-order valence-corrected chi connectivity index (χ3v) is 3.15. The molecule has 1 aliphatic heterocycles. The second-order valence-electron chi connectivity index (χ2n) is 4.30. The first kappa shape index (κ1) is 10.3. The Morgan fingerprint density at radius 2 is 2.08 bits per heavy atom. The largest absolute Gasteiger partial charge is 0.298 e. The molecule has 2 heteroatoms. The van der Waals surface area contributed by atoms with Gasteiger partial charge in [-0.15, -0.1) is 11.6 Å². The fraction of sp³-hybridized carbons (Fsp3) is 1.00.